The number of amides is 2. The van der Waals surface area contributed by atoms with Crippen LogP contribution in [0.5, 0.6) is 11.5 Å². The lowest BCUT2D eigenvalue weighted by atomic mass is 10.1. The lowest BCUT2D eigenvalue weighted by Crippen LogP contribution is -2.26. The second-order valence-electron chi connectivity index (χ2n) is 7.09. The number of anilines is 2. The first-order valence-electron chi connectivity index (χ1n) is 10.1. The number of hydrogen-bond donors (Lipinski definition) is 1. The van der Waals surface area contributed by atoms with Crippen LogP contribution in [0.4, 0.5) is 10.8 Å². The van der Waals surface area contributed by atoms with Crippen molar-refractivity contribution in [2.75, 3.05) is 30.5 Å². The fraction of sp³-hybridized carbons (Fsp3) is 0.261. The summed E-state index contributed by atoms with van der Waals surface area (Å²) < 4.78 is 11.2. The molecule has 1 aliphatic heterocycles. The van der Waals surface area contributed by atoms with Gasteiger partial charge in [0.15, 0.2) is 16.6 Å². The SMILES string of the molecule is CN(C(=O)CCCC(=O)Nc1nc(-c2ccc3c(c2)OCCO3)cs1)c1ccccc1. The van der Waals surface area contributed by atoms with E-state index in [1.165, 1.54) is 11.3 Å². The Balaban J connectivity index is 1.27. The molecule has 0 unspecified atom stereocenters. The van der Waals surface area contributed by atoms with Gasteiger partial charge in [0, 0.05) is 36.5 Å². The maximum Gasteiger partial charge on any atom is 0.226 e. The predicted octanol–water partition coefficient (Wildman–Crippen LogP) is 4.35. The van der Waals surface area contributed by atoms with E-state index in [0.29, 0.717) is 36.9 Å². The van der Waals surface area contributed by atoms with Gasteiger partial charge in [0.1, 0.15) is 13.2 Å². The van der Waals surface area contributed by atoms with Gasteiger partial charge < -0.3 is 19.7 Å². The van der Waals surface area contributed by atoms with E-state index in [9.17, 15) is 9.59 Å². The number of rotatable bonds is 7. The summed E-state index contributed by atoms with van der Waals surface area (Å²) in [5.74, 6) is 1.26. The number of aromatic nitrogens is 1. The summed E-state index contributed by atoms with van der Waals surface area (Å²) in [7, 11) is 1.74. The summed E-state index contributed by atoms with van der Waals surface area (Å²) in [4.78, 5) is 30.7. The minimum atomic E-state index is -0.154. The van der Waals surface area contributed by atoms with Crippen LogP contribution in [0.3, 0.4) is 0 Å². The summed E-state index contributed by atoms with van der Waals surface area (Å²) in [6.07, 6.45) is 1.04. The first-order chi connectivity index (χ1) is 15.1. The average molecular weight is 438 g/mol. The molecule has 8 heteroatoms. The number of benzene rings is 2. The van der Waals surface area contributed by atoms with Crippen LogP contribution >= 0.6 is 11.3 Å². The van der Waals surface area contributed by atoms with Crippen LogP contribution in [0, 0.1) is 0 Å². The van der Waals surface area contributed by atoms with Gasteiger partial charge in [0.05, 0.1) is 5.69 Å². The van der Waals surface area contributed by atoms with E-state index in [1.807, 2.05) is 53.9 Å². The van der Waals surface area contributed by atoms with E-state index in [1.54, 1.807) is 11.9 Å². The zero-order chi connectivity index (χ0) is 21.6. The molecule has 2 amide bonds. The van der Waals surface area contributed by atoms with Crippen molar-refractivity contribution in [2.45, 2.75) is 19.3 Å². The largest absolute Gasteiger partial charge is 0.486 e. The van der Waals surface area contributed by atoms with Gasteiger partial charge >= 0.3 is 0 Å². The molecule has 3 aromatic rings. The number of nitrogens with one attached hydrogen (secondary N) is 1. The smallest absolute Gasteiger partial charge is 0.226 e. The third-order valence-corrected chi connectivity index (χ3v) is 5.66. The number of ether oxygens (including phenoxy) is 2. The first kappa shape index (κ1) is 20.9. The van der Waals surface area contributed by atoms with E-state index in [4.69, 9.17) is 9.47 Å². The van der Waals surface area contributed by atoms with Crippen LogP contribution in [0.15, 0.2) is 53.9 Å². The lowest BCUT2D eigenvalue weighted by Gasteiger charge is -2.18. The highest BCUT2D eigenvalue weighted by Crippen LogP contribution is 2.35. The van der Waals surface area contributed by atoms with Crippen LogP contribution in [-0.2, 0) is 9.59 Å². The minimum absolute atomic E-state index is 0.0193. The van der Waals surface area contributed by atoms with Crippen molar-refractivity contribution in [1.29, 1.82) is 0 Å². The number of nitrogens with zero attached hydrogens (tertiary/aromatic N) is 2. The molecule has 0 saturated carbocycles. The number of thiazole rings is 1. The van der Waals surface area contributed by atoms with Crippen molar-refractivity contribution in [3.05, 3.63) is 53.9 Å². The fourth-order valence-electron chi connectivity index (χ4n) is 3.21. The monoisotopic (exact) mass is 437 g/mol. The molecular formula is C23H23N3O4S. The molecule has 0 atom stereocenters. The molecule has 1 aliphatic rings. The van der Waals surface area contributed by atoms with Crippen molar-refractivity contribution in [1.82, 2.24) is 4.98 Å². The molecule has 2 aromatic carbocycles. The second-order valence-corrected chi connectivity index (χ2v) is 7.94. The maximum absolute atomic E-state index is 12.3. The molecule has 0 radical (unpaired) electrons. The highest BCUT2D eigenvalue weighted by molar-refractivity contribution is 7.14. The fourth-order valence-corrected chi connectivity index (χ4v) is 3.95. The topological polar surface area (TPSA) is 80.8 Å². The van der Waals surface area contributed by atoms with Crippen molar-refractivity contribution in [3.8, 4) is 22.8 Å². The molecule has 0 fully saturated rings. The highest BCUT2D eigenvalue weighted by atomic mass is 32.1. The summed E-state index contributed by atoms with van der Waals surface area (Å²) in [5, 5.41) is 5.24. The van der Waals surface area contributed by atoms with Gasteiger partial charge in [-0.2, -0.15) is 0 Å². The second kappa shape index (κ2) is 9.61. The molecule has 4 rings (SSSR count). The molecule has 1 aromatic heterocycles. The summed E-state index contributed by atoms with van der Waals surface area (Å²) >= 11 is 1.36. The molecular weight excluding hydrogens is 414 g/mol. The maximum atomic E-state index is 12.3. The Morgan fingerprint density at radius 2 is 1.84 bits per heavy atom. The molecule has 0 aliphatic carbocycles. The van der Waals surface area contributed by atoms with Gasteiger partial charge in [-0.15, -0.1) is 11.3 Å². The number of para-hydroxylation sites is 1. The van der Waals surface area contributed by atoms with Gasteiger partial charge in [-0.05, 0) is 36.8 Å². The number of carbonyl (C=O) groups excluding carboxylic acids is 2. The predicted molar refractivity (Wildman–Crippen MR) is 121 cm³/mol. The van der Waals surface area contributed by atoms with E-state index in [2.05, 4.69) is 10.3 Å². The third-order valence-electron chi connectivity index (χ3n) is 4.90. The van der Waals surface area contributed by atoms with Crippen LogP contribution in [-0.4, -0.2) is 37.1 Å². The quantitative estimate of drug-likeness (QED) is 0.594. The standard InChI is InChI=1S/C23H23N3O4S/c1-26(17-6-3-2-4-7-17)22(28)9-5-8-21(27)25-23-24-18(15-31-23)16-10-11-19-20(14-16)30-13-12-29-19/h2-4,6-7,10-11,14-15H,5,8-9,12-13H2,1H3,(H,24,25,27). The molecule has 2 heterocycles. The molecule has 0 saturated heterocycles. The van der Waals surface area contributed by atoms with Crippen LogP contribution in [0.1, 0.15) is 19.3 Å². The normalized spacial score (nSPS) is 12.3. The zero-order valence-corrected chi connectivity index (χ0v) is 18.0. The average Bonchev–Trinajstić information content (AvgIpc) is 3.27. The molecule has 7 nitrogen and oxygen atoms in total. The number of fused-ring (bicyclic) bond motifs is 1. The summed E-state index contributed by atoms with van der Waals surface area (Å²) in [6.45, 7) is 1.08. The Morgan fingerprint density at radius 3 is 2.65 bits per heavy atom. The van der Waals surface area contributed by atoms with E-state index < -0.39 is 0 Å². The van der Waals surface area contributed by atoms with Crippen molar-refractivity contribution < 1.29 is 19.1 Å². The number of hydrogen-bond acceptors (Lipinski definition) is 6. The minimum Gasteiger partial charge on any atom is -0.486 e. The van der Waals surface area contributed by atoms with Gasteiger partial charge in [0.25, 0.3) is 0 Å². The lowest BCUT2D eigenvalue weighted by molar-refractivity contribution is -0.118. The van der Waals surface area contributed by atoms with Crippen molar-refractivity contribution >= 4 is 34.0 Å². The summed E-state index contributed by atoms with van der Waals surface area (Å²) in [5.41, 5.74) is 2.50. The highest BCUT2D eigenvalue weighted by Gasteiger charge is 2.15. The Bertz CT molecular complexity index is 1070. The van der Waals surface area contributed by atoms with E-state index >= 15 is 0 Å². The van der Waals surface area contributed by atoms with Crippen molar-refractivity contribution in [2.24, 2.45) is 0 Å². The Kier molecular flexibility index (Phi) is 6.47. The zero-order valence-electron chi connectivity index (χ0n) is 17.2. The first-order valence-corrected chi connectivity index (χ1v) is 10.9. The molecule has 0 bridgehead atoms. The van der Waals surface area contributed by atoms with Crippen molar-refractivity contribution in [3.63, 3.8) is 0 Å². The summed E-state index contributed by atoms with van der Waals surface area (Å²) in [6, 6.07) is 15.1. The van der Waals surface area contributed by atoms with E-state index in [0.717, 1.165) is 22.7 Å². The molecule has 31 heavy (non-hydrogen) atoms. The molecule has 160 valence electrons. The van der Waals surface area contributed by atoms with Gasteiger partial charge in [-0.3, -0.25) is 9.59 Å². The third kappa shape index (κ3) is 5.21. The Hall–Kier alpha value is -3.39. The van der Waals surface area contributed by atoms with Gasteiger partial charge in [0.2, 0.25) is 11.8 Å². The molecule has 0 spiro atoms. The van der Waals surface area contributed by atoms with Gasteiger partial charge in [-0.1, -0.05) is 18.2 Å². The van der Waals surface area contributed by atoms with Crippen LogP contribution in [0.25, 0.3) is 11.3 Å². The van der Waals surface area contributed by atoms with Crippen LogP contribution < -0.4 is 19.7 Å². The van der Waals surface area contributed by atoms with Crippen LogP contribution in [0.2, 0.25) is 0 Å². The number of carbonyl (C=O) groups is 2. The van der Waals surface area contributed by atoms with E-state index in [-0.39, 0.29) is 18.2 Å². The van der Waals surface area contributed by atoms with Gasteiger partial charge in [-0.25, -0.2) is 4.98 Å². The Labute approximate surface area is 184 Å². The molecule has 1 N–H and O–H groups in total. The Morgan fingerprint density at radius 1 is 1.06 bits per heavy atom.